The third-order valence-electron chi connectivity index (χ3n) is 6.69. The Hall–Kier alpha value is -4.35. The third-order valence-corrected chi connectivity index (χ3v) is 6.69. The van der Waals surface area contributed by atoms with Gasteiger partial charge in [-0.25, -0.2) is 4.79 Å². The highest BCUT2D eigenvalue weighted by Crippen LogP contribution is 2.30. The van der Waals surface area contributed by atoms with E-state index in [1.54, 1.807) is 22.0 Å². The van der Waals surface area contributed by atoms with Gasteiger partial charge >= 0.3 is 6.09 Å². The second-order valence-corrected chi connectivity index (χ2v) is 11.3. The lowest BCUT2D eigenvalue weighted by Gasteiger charge is -2.39. The number of likely N-dealkylation sites (tertiary alicyclic amines) is 1. The SMILES string of the molecule is Cc1ccc(CNC(=O)c2cn(CCCCc3cc4cc(C5CN(C(=O)OC(C)(C)C)C5)[nH]c4nn3)nn2)cn1. The number of nitrogens with zero attached hydrogens (tertiary/aromatic N) is 7. The van der Waals surface area contributed by atoms with Crippen LogP contribution in [-0.4, -0.2) is 70.8 Å². The molecule has 4 aromatic rings. The van der Waals surface area contributed by atoms with Gasteiger partial charge in [0.1, 0.15) is 5.60 Å². The molecule has 1 aliphatic rings. The first kappa shape index (κ1) is 27.2. The van der Waals surface area contributed by atoms with E-state index in [2.05, 4.69) is 47.9 Å². The number of fused-ring (bicyclic) bond motifs is 1. The summed E-state index contributed by atoms with van der Waals surface area (Å²) in [5, 5.41) is 20.7. The van der Waals surface area contributed by atoms with E-state index >= 15 is 0 Å². The summed E-state index contributed by atoms with van der Waals surface area (Å²) < 4.78 is 7.13. The number of aromatic nitrogens is 7. The van der Waals surface area contributed by atoms with E-state index < -0.39 is 5.60 Å². The van der Waals surface area contributed by atoms with Crippen LogP contribution in [0.5, 0.6) is 0 Å². The topological polar surface area (TPSA) is 144 Å². The molecule has 0 radical (unpaired) electrons. The minimum Gasteiger partial charge on any atom is -0.444 e. The van der Waals surface area contributed by atoms with E-state index in [0.29, 0.717) is 31.9 Å². The maximum Gasteiger partial charge on any atom is 0.410 e. The number of aromatic amines is 1. The number of unbranched alkanes of at least 4 members (excludes halogenated alkanes) is 1. The smallest absolute Gasteiger partial charge is 0.410 e. The molecule has 0 unspecified atom stereocenters. The molecule has 0 saturated carbocycles. The summed E-state index contributed by atoms with van der Waals surface area (Å²) in [6, 6.07) is 8.01. The van der Waals surface area contributed by atoms with Crippen LogP contribution in [0.3, 0.4) is 0 Å². The molecule has 5 rings (SSSR count). The van der Waals surface area contributed by atoms with Gasteiger partial charge in [-0.05, 0) is 70.7 Å². The fourth-order valence-electron chi connectivity index (χ4n) is 4.46. The second-order valence-electron chi connectivity index (χ2n) is 11.3. The summed E-state index contributed by atoms with van der Waals surface area (Å²) in [6.07, 6.45) is 5.68. The van der Waals surface area contributed by atoms with Crippen molar-refractivity contribution < 1.29 is 14.3 Å². The number of aryl methyl sites for hydroxylation is 3. The van der Waals surface area contributed by atoms with Gasteiger partial charge in [-0.15, -0.1) is 10.2 Å². The van der Waals surface area contributed by atoms with Gasteiger partial charge in [-0.1, -0.05) is 11.3 Å². The molecule has 0 spiro atoms. The first-order valence-electron chi connectivity index (χ1n) is 13.6. The number of H-pyrrole nitrogens is 1. The van der Waals surface area contributed by atoms with Crippen molar-refractivity contribution in [3.05, 3.63) is 65.0 Å². The molecule has 1 fully saturated rings. The molecule has 0 bridgehead atoms. The maximum absolute atomic E-state index is 12.4. The van der Waals surface area contributed by atoms with E-state index in [0.717, 1.165) is 52.9 Å². The Morgan fingerprint density at radius 1 is 1.12 bits per heavy atom. The first-order valence-corrected chi connectivity index (χ1v) is 13.6. The molecule has 4 aromatic heterocycles. The number of hydrogen-bond acceptors (Lipinski definition) is 8. The third kappa shape index (κ3) is 6.80. The molecule has 0 aromatic carbocycles. The van der Waals surface area contributed by atoms with Gasteiger partial charge in [0.15, 0.2) is 11.3 Å². The number of amides is 2. The highest BCUT2D eigenvalue weighted by Gasteiger charge is 2.35. The lowest BCUT2D eigenvalue weighted by Crippen LogP contribution is -2.50. The average molecular weight is 546 g/mol. The van der Waals surface area contributed by atoms with Gasteiger partial charge in [-0.3, -0.25) is 14.5 Å². The van der Waals surface area contributed by atoms with Crippen molar-refractivity contribution in [3.63, 3.8) is 0 Å². The molecule has 0 atom stereocenters. The molecule has 1 saturated heterocycles. The molecule has 40 heavy (non-hydrogen) atoms. The highest BCUT2D eigenvalue weighted by molar-refractivity contribution is 5.91. The zero-order valence-electron chi connectivity index (χ0n) is 23.3. The van der Waals surface area contributed by atoms with Crippen LogP contribution in [0.2, 0.25) is 0 Å². The fourth-order valence-corrected chi connectivity index (χ4v) is 4.46. The van der Waals surface area contributed by atoms with Crippen molar-refractivity contribution in [3.8, 4) is 0 Å². The van der Waals surface area contributed by atoms with Crippen molar-refractivity contribution in [1.29, 1.82) is 0 Å². The lowest BCUT2D eigenvalue weighted by molar-refractivity contribution is 0.00792. The van der Waals surface area contributed by atoms with Crippen molar-refractivity contribution >= 4 is 23.0 Å². The fraction of sp³-hybridized carbons (Fsp3) is 0.464. The zero-order valence-corrected chi connectivity index (χ0v) is 23.3. The Bertz CT molecular complexity index is 1480. The van der Waals surface area contributed by atoms with Crippen molar-refractivity contribution in [1.82, 2.24) is 45.4 Å². The molecule has 2 amide bonds. The minimum absolute atomic E-state index is 0.236. The molecule has 12 heteroatoms. The Morgan fingerprint density at radius 2 is 1.95 bits per heavy atom. The van der Waals surface area contributed by atoms with E-state index in [9.17, 15) is 9.59 Å². The Labute approximate surface area is 232 Å². The molecular weight excluding hydrogens is 510 g/mol. The summed E-state index contributed by atoms with van der Waals surface area (Å²) >= 11 is 0. The summed E-state index contributed by atoms with van der Waals surface area (Å²) in [6.45, 7) is 9.82. The molecule has 12 nitrogen and oxygen atoms in total. The van der Waals surface area contributed by atoms with Crippen LogP contribution in [0.15, 0.2) is 36.7 Å². The van der Waals surface area contributed by atoms with E-state index in [1.165, 1.54) is 0 Å². The van der Waals surface area contributed by atoms with E-state index in [-0.39, 0.29) is 17.9 Å². The number of pyridine rings is 1. The van der Waals surface area contributed by atoms with Gasteiger partial charge in [0.05, 0.1) is 11.9 Å². The summed E-state index contributed by atoms with van der Waals surface area (Å²) in [7, 11) is 0. The predicted octanol–water partition coefficient (Wildman–Crippen LogP) is 3.54. The highest BCUT2D eigenvalue weighted by atomic mass is 16.6. The van der Waals surface area contributed by atoms with Crippen LogP contribution in [-0.2, 0) is 24.2 Å². The number of ether oxygens (including phenoxy) is 1. The van der Waals surface area contributed by atoms with Crippen molar-refractivity contribution in [2.24, 2.45) is 0 Å². The number of nitrogens with one attached hydrogen (secondary N) is 2. The Morgan fingerprint density at radius 3 is 2.70 bits per heavy atom. The first-order chi connectivity index (χ1) is 19.1. The van der Waals surface area contributed by atoms with Crippen LogP contribution < -0.4 is 5.32 Å². The van der Waals surface area contributed by atoms with Gasteiger partial charge in [0.2, 0.25) is 0 Å². The average Bonchev–Trinajstić information content (AvgIpc) is 3.51. The summed E-state index contributed by atoms with van der Waals surface area (Å²) in [5.74, 6) is -0.0276. The molecule has 5 heterocycles. The Balaban J connectivity index is 1.05. The summed E-state index contributed by atoms with van der Waals surface area (Å²) in [4.78, 5) is 33.9. The van der Waals surface area contributed by atoms with Gasteiger partial charge in [-0.2, -0.15) is 5.10 Å². The van der Waals surface area contributed by atoms with Gasteiger partial charge < -0.3 is 19.9 Å². The molecule has 2 N–H and O–H groups in total. The van der Waals surface area contributed by atoms with E-state index in [1.807, 2.05) is 39.8 Å². The summed E-state index contributed by atoms with van der Waals surface area (Å²) in [5.41, 5.74) is 4.39. The second kappa shape index (κ2) is 11.4. The quantitative estimate of drug-likeness (QED) is 0.304. The minimum atomic E-state index is -0.496. The van der Waals surface area contributed by atoms with Crippen LogP contribution >= 0.6 is 0 Å². The van der Waals surface area contributed by atoms with Gasteiger partial charge in [0, 0.05) is 55.1 Å². The molecule has 0 aliphatic carbocycles. The number of carbonyl (C=O) groups excluding carboxylic acids is 2. The molecular formula is C28H35N9O3. The van der Waals surface area contributed by atoms with Crippen LogP contribution in [0.1, 0.15) is 72.7 Å². The van der Waals surface area contributed by atoms with Crippen LogP contribution in [0.25, 0.3) is 11.0 Å². The predicted molar refractivity (Wildman–Crippen MR) is 148 cm³/mol. The van der Waals surface area contributed by atoms with Crippen molar-refractivity contribution in [2.45, 2.75) is 71.6 Å². The monoisotopic (exact) mass is 545 g/mol. The van der Waals surface area contributed by atoms with Crippen molar-refractivity contribution in [2.75, 3.05) is 13.1 Å². The largest absolute Gasteiger partial charge is 0.444 e. The Kier molecular flexibility index (Phi) is 7.76. The van der Waals surface area contributed by atoms with Gasteiger partial charge in [0.25, 0.3) is 5.91 Å². The number of carbonyl (C=O) groups is 2. The van der Waals surface area contributed by atoms with Crippen LogP contribution in [0.4, 0.5) is 4.79 Å². The lowest BCUT2D eigenvalue weighted by atomic mass is 9.97. The number of rotatable bonds is 9. The maximum atomic E-state index is 12.4. The number of hydrogen-bond donors (Lipinski definition) is 2. The standard InChI is InChI=1S/C28H35N9O3/c1-18-8-9-19(13-29-18)14-30-26(38)24-17-37(35-33-24)10-6-5-7-22-11-20-12-23(31-25(20)34-32-22)21-15-36(16-21)27(39)40-28(2,3)4/h8-9,11-13,17,21H,5-7,10,14-16H2,1-4H3,(H,30,38)(H,31,34). The van der Waals surface area contributed by atoms with Crippen LogP contribution in [0, 0.1) is 6.92 Å². The molecule has 210 valence electrons. The van der Waals surface area contributed by atoms with E-state index in [4.69, 9.17) is 4.74 Å². The zero-order chi connectivity index (χ0) is 28.3. The molecule has 1 aliphatic heterocycles. The normalized spacial score (nSPS) is 13.8.